The van der Waals surface area contributed by atoms with Crippen LogP contribution in [0.5, 0.6) is 11.5 Å². The summed E-state index contributed by atoms with van der Waals surface area (Å²) >= 11 is 0. The van der Waals surface area contributed by atoms with Crippen LogP contribution in [0.25, 0.3) is 11.1 Å². The normalized spacial score (nSPS) is 19.9. The maximum Gasteiger partial charge on any atom is 0.252 e. The van der Waals surface area contributed by atoms with Crippen molar-refractivity contribution in [3.8, 4) is 22.6 Å². The molecule has 10 heteroatoms. The molecule has 2 aliphatic rings. The van der Waals surface area contributed by atoms with Gasteiger partial charge in [0.25, 0.3) is 5.91 Å². The van der Waals surface area contributed by atoms with Gasteiger partial charge in [0.1, 0.15) is 17.6 Å². The molecule has 0 spiro atoms. The van der Waals surface area contributed by atoms with E-state index in [-0.39, 0.29) is 42.7 Å². The van der Waals surface area contributed by atoms with Crippen LogP contribution in [-0.4, -0.2) is 63.4 Å². The first-order valence-corrected chi connectivity index (χ1v) is 11.6. The highest BCUT2D eigenvalue weighted by molar-refractivity contribution is 5.97. The average molecular weight is 480 g/mol. The Hall–Kier alpha value is -3.95. The molecule has 1 aliphatic heterocycles. The van der Waals surface area contributed by atoms with Crippen molar-refractivity contribution in [3.05, 3.63) is 60.2 Å². The van der Waals surface area contributed by atoms with Gasteiger partial charge >= 0.3 is 0 Å². The van der Waals surface area contributed by atoms with E-state index in [9.17, 15) is 9.59 Å². The van der Waals surface area contributed by atoms with E-state index in [1.807, 2.05) is 0 Å². The fourth-order valence-corrected chi connectivity index (χ4v) is 4.05. The lowest BCUT2D eigenvalue weighted by atomic mass is 10.0. The van der Waals surface area contributed by atoms with Crippen LogP contribution in [0, 0.1) is 0 Å². The number of H-pyrrole nitrogens is 1. The number of aromatic nitrogens is 3. The molecule has 2 aromatic heterocycles. The van der Waals surface area contributed by atoms with Gasteiger partial charge in [-0.25, -0.2) is 4.39 Å². The van der Waals surface area contributed by atoms with Crippen molar-refractivity contribution in [2.24, 2.45) is 5.73 Å². The minimum Gasteiger partial charge on any atom is -0.489 e. The Bertz CT molecular complexity index is 1200. The van der Waals surface area contributed by atoms with Crippen LogP contribution in [0.2, 0.25) is 0 Å². The van der Waals surface area contributed by atoms with Crippen molar-refractivity contribution in [1.29, 1.82) is 0 Å². The number of pyridine rings is 1. The summed E-state index contributed by atoms with van der Waals surface area (Å²) in [7, 11) is 0. The number of benzene rings is 1. The van der Waals surface area contributed by atoms with E-state index in [1.165, 1.54) is 4.90 Å². The molecule has 3 heterocycles. The number of halogens is 1. The lowest BCUT2D eigenvalue weighted by Gasteiger charge is -2.35. The molecule has 2 unspecified atom stereocenters. The Morgan fingerprint density at radius 3 is 2.63 bits per heavy atom. The van der Waals surface area contributed by atoms with Gasteiger partial charge in [-0.3, -0.25) is 19.7 Å². The Morgan fingerprint density at radius 1 is 1.11 bits per heavy atom. The van der Waals surface area contributed by atoms with Gasteiger partial charge in [-0.2, -0.15) is 5.10 Å². The van der Waals surface area contributed by atoms with Crippen LogP contribution >= 0.6 is 0 Å². The van der Waals surface area contributed by atoms with E-state index in [1.54, 1.807) is 48.9 Å². The van der Waals surface area contributed by atoms with Gasteiger partial charge in [-0.1, -0.05) is 6.07 Å². The summed E-state index contributed by atoms with van der Waals surface area (Å²) in [5.74, 6) is 0.0414. The van der Waals surface area contributed by atoms with E-state index in [0.717, 1.165) is 24.0 Å². The predicted octanol–water partition coefficient (Wildman–Crippen LogP) is 2.67. The Labute approximate surface area is 201 Å². The zero-order valence-corrected chi connectivity index (χ0v) is 19.0. The monoisotopic (exact) mass is 479 g/mol. The molecule has 0 radical (unpaired) electrons. The molecule has 2 atom stereocenters. The van der Waals surface area contributed by atoms with Gasteiger partial charge in [0, 0.05) is 30.4 Å². The number of nitrogens with zero attached hydrogens (tertiary/aromatic N) is 3. The van der Waals surface area contributed by atoms with Crippen molar-refractivity contribution in [2.75, 3.05) is 13.1 Å². The summed E-state index contributed by atoms with van der Waals surface area (Å²) in [6.07, 6.45) is 5.50. The molecule has 0 bridgehead atoms. The number of piperidine rings is 1. The van der Waals surface area contributed by atoms with Crippen LogP contribution < -0.4 is 15.2 Å². The number of carbonyl (C=O) groups excluding carboxylic acids is 2. The van der Waals surface area contributed by atoms with Gasteiger partial charge in [0.2, 0.25) is 5.91 Å². The van der Waals surface area contributed by atoms with E-state index < -0.39 is 18.2 Å². The average Bonchev–Trinajstić information content (AvgIpc) is 3.49. The van der Waals surface area contributed by atoms with E-state index in [4.69, 9.17) is 15.2 Å². The lowest BCUT2D eigenvalue weighted by molar-refractivity contribution is -0.134. The highest BCUT2D eigenvalue weighted by Crippen LogP contribution is 2.29. The molecule has 3 N–H and O–H groups in total. The number of primary amides is 1. The highest BCUT2D eigenvalue weighted by Gasteiger charge is 2.34. The molecular formula is C25H26FN5O4. The predicted molar refractivity (Wildman–Crippen MR) is 125 cm³/mol. The zero-order chi connectivity index (χ0) is 24.4. The van der Waals surface area contributed by atoms with Crippen molar-refractivity contribution < 1.29 is 23.5 Å². The fourth-order valence-electron chi connectivity index (χ4n) is 4.05. The molecule has 5 rings (SSSR count). The van der Waals surface area contributed by atoms with Gasteiger partial charge in [0.15, 0.2) is 6.17 Å². The second-order valence-electron chi connectivity index (χ2n) is 8.84. The Morgan fingerprint density at radius 2 is 1.97 bits per heavy atom. The molecule has 2 fully saturated rings. The summed E-state index contributed by atoms with van der Waals surface area (Å²) in [5.41, 5.74) is 7.83. The standard InChI is InChI=1S/C25H26FN5O4/c26-21-14-31(24(32)10-17-2-3-19(13-28-17)34-18-4-5-18)8-7-23(21)35-22-6-1-15(9-20(22)25(27)33)16-11-29-30-12-16/h1-3,6,9,11-13,18,21,23H,4-5,7-8,10,14H2,(H2,27,33)(H,29,30). The van der Waals surface area contributed by atoms with E-state index in [2.05, 4.69) is 15.2 Å². The van der Waals surface area contributed by atoms with Crippen LogP contribution in [0.4, 0.5) is 4.39 Å². The van der Waals surface area contributed by atoms with Gasteiger partial charge < -0.3 is 20.1 Å². The molecule has 9 nitrogen and oxygen atoms in total. The lowest BCUT2D eigenvalue weighted by Crippen LogP contribution is -2.49. The number of aromatic amines is 1. The minimum absolute atomic E-state index is 0.0866. The molecule has 35 heavy (non-hydrogen) atoms. The molecular weight excluding hydrogens is 453 g/mol. The minimum atomic E-state index is -1.41. The van der Waals surface area contributed by atoms with Crippen LogP contribution in [0.15, 0.2) is 48.9 Å². The maximum absolute atomic E-state index is 15.0. The first-order valence-electron chi connectivity index (χ1n) is 11.6. The van der Waals surface area contributed by atoms with Crippen molar-refractivity contribution in [1.82, 2.24) is 20.1 Å². The smallest absolute Gasteiger partial charge is 0.252 e. The molecule has 2 amide bonds. The van der Waals surface area contributed by atoms with Crippen LogP contribution in [0.1, 0.15) is 35.3 Å². The number of amides is 2. The van der Waals surface area contributed by atoms with E-state index in [0.29, 0.717) is 18.0 Å². The van der Waals surface area contributed by atoms with E-state index >= 15 is 4.39 Å². The third-order valence-electron chi connectivity index (χ3n) is 6.15. The number of carbonyl (C=O) groups is 2. The zero-order valence-electron chi connectivity index (χ0n) is 19.0. The number of nitrogens with one attached hydrogen (secondary N) is 1. The number of likely N-dealkylation sites (tertiary alicyclic amines) is 1. The third-order valence-corrected chi connectivity index (χ3v) is 6.15. The summed E-state index contributed by atoms with van der Waals surface area (Å²) in [5, 5.41) is 6.61. The summed E-state index contributed by atoms with van der Waals surface area (Å²) < 4.78 is 26.6. The number of hydrogen-bond acceptors (Lipinski definition) is 6. The summed E-state index contributed by atoms with van der Waals surface area (Å²) in [6, 6.07) is 8.53. The second-order valence-corrected chi connectivity index (χ2v) is 8.84. The Balaban J connectivity index is 1.19. The number of rotatable bonds is 8. The first kappa shape index (κ1) is 22.8. The number of nitrogens with two attached hydrogens (primary N) is 1. The van der Waals surface area contributed by atoms with Gasteiger partial charge in [-0.15, -0.1) is 0 Å². The second kappa shape index (κ2) is 9.73. The molecule has 1 saturated heterocycles. The topological polar surface area (TPSA) is 123 Å². The fraction of sp³-hybridized carbons (Fsp3) is 0.360. The number of ether oxygens (including phenoxy) is 2. The third kappa shape index (κ3) is 5.42. The summed E-state index contributed by atoms with van der Waals surface area (Å²) in [6.45, 7) is 0.247. The van der Waals surface area contributed by atoms with Crippen LogP contribution in [-0.2, 0) is 11.2 Å². The largest absolute Gasteiger partial charge is 0.489 e. The SMILES string of the molecule is NC(=O)c1cc(-c2cn[nH]c2)ccc1OC1CCN(C(=O)Cc2ccc(OC3CC3)cn2)CC1F. The Kier molecular flexibility index (Phi) is 6.35. The molecule has 1 aromatic carbocycles. The molecule has 3 aromatic rings. The van der Waals surface area contributed by atoms with Crippen molar-refractivity contribution >= 4 is 11.8 Å². The number of hydrogen-bond donors (Lipinski definition) is 2. The van der Waals surface area contributed by atoms with Crippen molar-refractivity contribution in [2.45, 2.75) is 44.1 Å². The molecule has 182 valence electrons. The van der Waals surface area contributed by atoms with Crippen molar-refractivity contribution in [3.63, 3.8) is 0 Å². The van der Waals surface area contributed by atoms with Gasteiger partial charge in [0.05, 0.1) is 37.0 Å². The first-order chi connectivity index (χ1) is 17.0. The molecule has 1 saturated carbocycles. The molecule has 1 aliphatic carbocycles. The highest BCUT2D eigenvalue weighted by atomic mass is 19.1. The quantitative estimate of drug-likeness (QED) is 0.512. The maximum atomic E-state index is 15.0. The van der Waals surface area contributed by atoms with Gasteiger partial charge in [-0.05, 0) is 42.7 Å². The summed E-state index contributed by atoms with van der Waals surface area (Å²) in [4.78, 5) is 30.5. The number of alkyl halides is 1. The van der Waals surface area contributed by atoms with Crippen LogP contribution in [0.3, 0.4) is 0 Å².